The molecule has 0 aromatic heterocycles. The van der Waals surface area contributed by atoms with Gasteiger partial charge in [0.1, 0.15) is 0 Å². The zero-order valence-corrected chi connectivity index (χ0v) is 11.5. The zero-order valence-electron chi connectivity index (χ0n) is 9.67. The molecule has 1 aromatic carbocycles. The van der Waals surface area contributed by atoms with Crippen molar-refractivity contribution in [3.63, 3.8) is 0 Å². The van der Waals surface area contributed by atoms with Crippen molar-refractivity contribution in [3.05, 3.63) is 50.6 Å². The Morgan fingerprint density at radius 1 is 1.25 bits per heavy atom. The number of carbonyl (C=O) groups excluding carboxylic acids is 1. The van der Waals surface area contributed by atoms with Crippen molar-refractivity contribution in [1.82, 2.24) is 7.76 Å². The van der Waals surface area contributed by atoms with Gasteiger partial charge in [-0.05, 0) is 0 Å². The summed E-state index contributed by atoms with van der Waals surface area (Å²) in [5, 5.41) is 23.1. The van der Waals surface area contributed by atoms with E-state index in [-0.39, 0.29) is 3.32 Å². The van der Waals surface area contributed by atoms with Crippen LogP contribution in [0.4, 0.5) is 4.79 Å². The summed E-state index contributed by atoms with van der Waals surface area (Å²) in [5.74, 6) is 5.13. The maximum absolute atomic E-state index is 11.5. The van der Waals surface area contributed by atoms with Gasteiger partial charge in [-0.1, -0.05) is 0 Å². The number of urea groups is 1. The zero-order chi connectivity index (χ0) is 15.6. The summed E-state index contributed by atoms with van der Waals surface area (Å²) < 4.78 is -1.54. The van der Waals surface area contributed by atoms with Gasteiger partial charge in [0.25, 0.3) is 0 Å². The summed E-state index contributed by atoms with van der Waals surface area (Å²) >= 11 is -1.91. The number of rotatable bonds is 5. The van der Waals surface area contributed by atoms with Gasteiger partial charge in [0.2, 0.25) is 0 Å². The number of primary amides is 1. The number of hydrogen-bond acceptors (Lipinski definition) is 8. The summed E-state index contributed by atoms with van der Waals surface area (Å²) in [6.45, 7) is 0. The number of carbonyl (C=O) groups is 1. The molecule has 0 heterocycles. The molecule has 2 amide bonds. The summed E-state index contributed by atoms with van der Waals surface area (Å²) in [7, 11) is 0. The molecule has 0 radical (unpaired) electrons. The molecule has 0 saturated carbocycles. The van der Waals surface area contributed by atoms with Crippen LogP contribution in [0, 0.1) is 20.2 Å². The normalized spacial score (nSPS) is 13.0. The van der Waals surface area contributed by atoms with Crippen molar-refractivity contribution in [2.45, 2.75) is 0 Å². The third kappa shape index (κ3) is 1.72. The second kappa shape index (κ2) is 5.22. The van der Waals surface area contributed by atoms with E-state index in [1.165, 1.54) is 18.2 Å². The fourth-order valence-electron chi connectivity index (χ4n) is 1.20. The van der Waals surface area contributed by atoms with Gasteiger partial charge in [0, 0.05) is 0 Å². The molecular formula is C7H11CuN6O5S. The molecule has 116 valence electrons. The molecule has 0 aliphatic carbocycles. The van der Waals surface area contributed by atoms with E-state index in [2.05, 4.69) is 12.8 Å². The number of nitrogens with zero attached hydrogens (tertiary/aromatic N) is 3. The fourth-order valence-corrected chi connectivity index (χ4v) is 4.66. The molecule has 20 heavy (non-hydrogen) atoms. The van der Waals surface area contributed by atoms with E-state index in [0.717, 1.165) is 12.1 Å². The molecule has 0 aliphatic heterocycles. The molecule has 0 unspecified atom stereocenters. The van der Waals surface area contributed by atoms with Crippen LogP contribution in [0.15, 0.2) is 30.3 Å². The Morgan fingerprint density at radius 3 is 2.00 bits per heavy atom. The maximum atomic E-state index is 11.5. The van der Waals surface area contributed by atoms with Crippen molar-refractivity contribution < 1.29 is 25.3 Å². The van der Waals surface area contributed by atoms with Gasteiger partial charge in [0.05, 0.1) is 0 Å². The Bertz CT molecular complexity index is 556. The molecule has 13 heteroatoms. The Balaban J connectivity index is 3.93. The average Bonchev–Trinajstić information content (AvgIpc) is 2.41. The molecular weight excluding hydrogens is 344 g/mol. The van der Waals surface area contributed by atoms with E-state index >= 15 is 0 Å². The van der Waals surface area contributed by atoms with Crippen molar-refractivity contribution >= 4 is 23.3 Å². The van der Waals surface area contributed by atoms with Gasteiger partial charge in [-0.15, -0.1) is 0 Å². The number of nitrogens with two attached hydrogens (primary N) is 2. The van der Waals surface area contributed by atoms with E-state index in [1.54, 1.807) is 4.44 Å². The topological polar surface area (TPSA) is 171 Å². The molecule has 11 nitrogen and oxygen atoms in total. The van der Waals surface area contributed by atoms with E-state index in [9.17, 15) is 25.0 Å². The van der Waals surface area contributed by atoms with Crippen LogP contribution in [-0.2, 0) is 12.7 Å². The first kappa shape index (κ1) is 16.1. The molecule has 0 spiro atoms. The molecule has 0 saturated heterocycles. The molecule has 1 aromatic rings. The standard InChI is InChI=1S/C6H5.CH4N2OS.Cu.H3N2.2NO2/c1-2-4-6-5-3-1;2-1(4)3-5;;1-2;2*2-1-3/h1-5H;(H4,2,3,4,5);;1H,2H2;;/q;;+2;-1;;/p-1. The summed E-state index contributed by atoms with van der Waals surface area (Å²) in [4.78, 5) is 34.3. The number of benzene rings is 1. The minimum atomic E-state index is -5.45. The number of thiol groups is 1. The predicted molar refractivity (Wildman–Crippen MR) is 67.8 cm³/mol. The molecule has 0 aliphatic rings. The SMILES string of the molecule is N[NH][Cu]([c]1ccccc1)([N](S)C(N)=O)([N+](=O)[O-])[N+](=O)[O-]. The van der Waals surface area contributed by atoms with Crippen molar-refractivity contribution in [2.75, 3.05) is 0 Å². The number of amides is 2. The van der Waals surface area contributed by atoms with Crippen LogP contribution in [0.2, 0.25) is 0 Å². The van der Waals surface area contributed by atoms with Crippen LogP contribution in [0.25, 0.3) is 0 Å². The molecule has 5 N–H and O–H groups in total. The summed E-state index contributed by atoms with van der Waals surface area (Å²) in [6, 6.07) is 4.78. The fraction of sp³-hybridized carbons (Fsp3) is 0. The van der Waals surface area contributed by atoms with Crippen LogP contribution < -0.4 is 20.5 Å². The number of nitrogens with one attached hydrogen (secondary N) is 1. The Kier molecular flexibility index (Phi) is 4.21. The summed E-state index contributed by atoms with van der Waals surface area (Å²) in [5.41, 5.74) is 4.93. The molecule has 0 bridgehead atoms. The minimum absolute atomic E-state index is 0.0810. The number of hydrogen-bond donors (Lipinski definition) is 4. The quantitative estimate of drug-likeness (QED) is 0.171. The van der Waals surface area contributed by atoms with Crippen LogP contribution >= 0.6 is 12.8 Å². The van der Waals surface area contributed by atoms with Gasteiger partial charge in [0.15, 0.2) is 0 Å². The third-order valence-corrected chi connectivity index (χ3v) is 7.23. The monoisotopic (exact) mass is 354 g/mol. The predicted octanol–water partition coefficient (Wildman–Crippen LogP) is -1.10. The molecule has 0 atom stereocenters. The first-order valence-corrected chi connectivity index (χ1v) is 7.16. The first-order chi connectivity index (χ1) is 9.25. The van der Waals surface area contributed by atoms with Crippen LogP contribution in [0.3, 0.4) is 0 Å². The second-order valence-electron chi connectivity index (χ2n) is 2.93. The van der Waals surface area contributed by atoms with Gasteiger partial charge in [-0.3, -0.25) is 0 Å². The van der Waals surface area contributed by atoms with E-state index in [1.807, 2.05) is 0 Å². The Labute approximate surface area is 119 Å². The van der Waals surface area contributed by atoms with E-state index in [4.69, 9.17) is 11.6 Å². The Hall–Kier alpha value is -1.92. The van der Waals surface area contributed by atoms with E-state index < -0.39 is 31.0 Å². The van der Waals surface area contributed by atoms with Crippen molar-refractivity contribution in [2.24, 2.45) is 11.6 Å². The molecule has 1 rings (SSSR count). The third-order valence-electron chi connectivity index (χ3n) is 2.01. The molecule has 0 fully saturated rings. The van der Waals surface area contributed by atoms with E-state index in [0.29, 0.717) is 0 Å². The van der Waals surface area contributed by atoms with Gasteiger partial charge in [-0.2, -0.15) is 0 Å². The van der Waals surface area contributed by atoms with Gasteiger partial charge in [-0.25, -0.2) is 0 Å². The summed E-state index contributed by atoms with van der Waals surface area (Å²) in [6.07, 6.45) is 0. The average molecular weight is 355 g/mol. The van der Waals surface area contributed by atoms with Crippen LogP contribution in [0.5, 0.6) is 0 Å². The Morgan fingerprint density at radius 2 is 1.70 bits per heavy atom. The number of nitro groups is 2. The van der Waals surface area contributed by atoms with Crippen molar-refractivity contribution in [3.8, 4) is 0 Å². The van der Waals surface area contributed by atoms with Crippen LogP contribution in [-0.4, -0.2) is 17.2 Å². The second-order valence-corrected chi connectivity index (χ2v) is 7.60. The van der Waals surface area contributed by atoms with Crippen LogP contribution in [0.1, 0.15) is 0 Å². The van der Waals surface area contributed by atoms with Crippen molar-refractivity contribution in [1.29, 1.82) is 0 Å². The number of hydrazine groups is 1. The first-order valence-electron chi connectivity index (χ1n) is 4.55. The van der Waals surface area contributed by atoms with Gasteiger partial charge < -0.3 is 0 Å². The van der Waals surface area contributed by atoms with Gasteiger partial charge >= 0.3 is 119 Å².